The van der Waals surface area contributed by atoms with Crippen molar-refractivity contribution < 1.29 is 14.3 Å². The summed E-state index contributed by atoms with van der Waals surface area (Å²) in [7, 11) is 0. The molecule has 2 heterocycles. The Balaban J connectivity index is 1.52. The number of hydrogen-bond acceptors (Lipinski definition) is 5. The third-order valence-corrected chi connectivity index (χ3v) is 5.84. The highest BCUT2D eigenvalue weighted by Gasteiger charge is 2.44. The average molecular weight is 431 g/mol. The number of likely N-dealkylation sites (tertiary alicyclic amines) is 1. The lowest BCUT2D eigenvalue weighted by Crippen LogP contribution is -2.59. The molecule has 32 heavy (non-hydrogen) atoms. The first-order chi connectivity index (χ1) is 15.5. The lowest BCUT2D eigenvalue weighted by atomic mass is 9.86. The van der Waals surface area contributed by atoms with E-state index < -0.39 is 5.54 Å². The molecule has 0 bridgehead atoms. The predicted molar refractivity (Wildman–Crippen MR) is 122 cm³/mol. The van der Waals surface area contributed by atoms with Crippen LogP contribution < -0.4 is 10.1 Å². The zero-order valence-corrected chi connectivity index (χ0v) is 18.2. The number of aromatic nitrogens is 2. The Kier molecular flexibility index (Phi) is 6.16. The third kappa shape index (κ3) is 4.46. The number of amides is 2. The monoisotopic (exact) mass is 430 g/mol. The maximum Gasteiger partial charge on any atom is 0.321 e. The number of piperidine rings is 1. The van der Waals surface area contributed by atoms with Crippen LogP contribution in [-0.4, -0.2) is 38.8 Å². The van der Waals surface area contributed by atoms with E-state index in [1.165, 1.54) is 0 Å². The topological polar surface area (TPSA) is 84.4 Å². The minimum Gasteiger partial charge on any atom is -0.424 e. The molecule has 1 aliphatic rings. The van der Waals surface area contributed by atoms with Crippen LogP contribution in [-0.2, 0) is 4.79 Å². The average Bonchev–Trinajstić information content (AvgIpc) is 2.82. The van der Waals surface area contributed by atoms with Gasteiger partial charge in [0.15, 0.2) is 0 Å². The van der Waals surface area contributed by atoms with Crippen molar-refractivity contribution in [2.45, 2.75) is 38.6 Å². The molecule has 1 fully saturated rings. The molecule has 1 N–H and O–H groups in total. The van der Waals surface area contributed by atoms with Crippen LogP contribution in [0.15, 0.2) is 67.0 Å². The fourth-order valence-corrected chi connectivity index (χ4v) is 3.96. The van der Waals surface area contributed by atoms with Crippen molar-refractivity contribution in [2.75, 3.05) is 11.9 Å². The van der Waals surface area contributed by atoms with Gasteiger partial charge in [0.2, 0.25) is 5.91 Å². The van der Waals surface area contributed by atoms with Gasteiger partial charge in [0.25, 0.3) is 5.91 Å². The molecule has 0 saturated carbocycles. The number of benzene rings is 2. The second kappa shape index (κ2) is 9.18. The summed E-state index contributed by atoms with van der Waals surface area (Å²) >= 11 is 0. The summed E-state index contributed by atoms with van der Waals surface area (Å²) in [5.74, 6) is 0.271. The van der Waals surface area contributed by atoms with Gasteiger partial charge in [-0.2, -0.15) is 0 Å². The van der Waals surface area contributed by atoms with Gasteiger partial charge < -0.3 is 15.0 Å². The van der Waals surface area contributed by atoms with Crippen molar-refractivity contribution in [2.24, 2.45) is 0 Å². The fraction of sp³-hybridized carbons (Fsp3) is 0.280. The van der Waals surface area contributed by atoms with E-state index in [1.54, 1.807) is 47.6 Å². The largest absolute Gasteiger partial charge is 0.424 e. The van der Waals surface area contributed by atoms with Gasteiger partial charge in [0, 0.05) is 30.2 Å². The van der Waals surface area contributed by atoms with E-state index in [4.69, 9.17) is 4.74 Å². The Hall–Kier alpha value is -3.74. The number of aryl methyl sites for hydroxylation is 1. The zero-order chi connectivity index (χ0) is 22.6. The summed E-state index contributed by atoms with van der Waals surface area (Å²) < 4.78 is 5.66. The number of carbonyl (C=O) groups is 2. The van der Waals surface area contributed by atoms with Gasteiger partial charge in [-0.3, -0.25) is 9.59 Å². The highest BCUT2D eigenvalue weighted by atomic mass is 16.5. The summed E-state index contributed by atoms with van der Waals surface area (Å²) in [6.07, 6.45) is 5.61. The number of nitrogens with zero attached hydrogens (tertiary/aromatic N) is 3. The van der Waals surface area contributed by atoms with Crippen molar-refractivity contribution >= 4 is 17.5 Å². The molecule has 0 unspecified atom stereocenters. The van der Waals surface area contributed by atoms with Crippen LogP contribution in [0.2, 0.25) is 0 Å². The SMILES string of the molecule is Cc1cc(Oc2ncccn2)ccc1NC(=O)[C@]1(C)CCCCN1C(=O)c1ccccc1. The van der Waals surface area contributed by atoms with E-state index in [2.05, 4.69) is 15.3 Å². The molecule has 0 aliphatic carbocycles. The smallest absolute Gasteiger partial charge is 0.321 e. The zero-order valence-electron chi connectivity index (χ0n) is 18.2. The lowest BCUT2D eigenvalue weighted by molar-refractivity contribution is -0.127. The molecule has 0 spiro atoms. The van der Waals surface area contributed by atoms with E-state index in [0.29, 0.717) is 30.0 Å². The van der Waals surface area contributed by atoms with E-state index >= 15 is 0 Å². The lowest BCUT2D eigenvalue weighted by Gasteiger charge is -2.43. The molecule has 1 saturated heterocycles. The summed E-state index contributed by atoms with van der Waals surface area (Å²) in [6.45, 7) is 4.30. The van der Waals surface area contributed by atoms with Gasteiger partial charge in [-0.1, -0.05) is 18.2 Å². The van der Waals surface area contributed by atoms with Gasteiger partial charge in [0.05, 0.1) is 0 Å². The van der Waals surface area contributed by atoms with E-state index in [1.807, 2.05) is 38.1 Å². The third-order valence-electron chi connectivity index (χ3n) is 5.84. The van der Waals surface area contributed by atoms with E-state index in [9.17, 15) is 9.59 Å². The number of anilines is 1. The highest BCUT2D eigenvalue weighted by molar-refractivity contribution is 6.04. The number of carbonyl (C=O) groups excluding carboxylic acids is 2. The van der Waals surface area contributed by atoms with Crippen LogP contribution in [0.1, 0.15) is 42.1 Å². The first kappa shape index (κ1) is 21.5. The normalized spacial score (nSPS) is 18.1. The van der Waals surface area contributed by atoms with Gasteiger partial charge in [-0.25, -0.2) is 9.97 Å². The number of rotatable bonds is 5. The summed E-state index contributed by atoms with van der Waals surface area (Å²) in [6, 6.07) is 16.5. The molecule has 1 aromatic heterocycles. The summed E-state index contributed by atoms with van der Waals surface area (Å²) in [5.41, 5.74) is 1.18. The summed E-state index contributed by atoms with van der Waals surface area (Å²) in [4.78, 5) is 36.4. The van der Waals surface area contributed by atoms with Crippen molar-refractivity contribution in [1.82, 2.24) is 14.9 Å². The molecular formula is C25H26N4O3. The molecular weight excluding hydrogens is 404 g/mol. The van der Waals surface area contributed by atoms with Crippen molar-refractivity contribution in [3.05, 3.63) is 78.1 Å². The minimum absolute atomic E-state index is 0.119. The number of nitrogens with one attached hydrogen (secondary N) is 1. The second-order valence-corrected chi connectivity index (χ2v) is 8.12. The minimum atomic E-state index is -0.926. The Labute approximate surface area is 187 Å². The molecule has 1 aliphatic heterocycles. The maximum atomic E-state index is 13.4. The van der Waals surface area contributed by atoms with Crippen LogP contribution >= 0.6 is 0 Å². The Bertz CT molecular complexity index is 1100. The van der Waals surface area contributed by atoms with Gasteiger partial charge in [0.1, 0.15) is 11.3 Å². The van der Waals surface area contributed by atoms with Crippen molar-refractivity contribution in [1.29, 1.82) is 0 Å². The highest BCUT2D eigenvalue weighted by Crippen LogP contribution is 2.32. The van der Waals surface area contributed by atoms with Crippen LogP contribution in [0.25, 0.3) is 0 Å². The second-order valence-electron chi connectivity index (χ2n) is 8.12. The molecule has 1 atom stereocenters. The quantitative estimate of drug-likeness (QED) is 0.639. The fourth-order valence-electron chi connectivity index (χ4n) is 3.96. The van der Waals surface area contributed by atoms with Crippen LogP contribution in [0, 0.1) is 6.92 Å². The molecule has 2 amide bonds. The molecule has 7 nitrogen and oxygen atoms in total. The Morgan fingerprint density at radius 3 is 2.50 bits per heavy atom. The predicted octanol–water partition coefficient (Wildman–Crippen LogP) is 4.60. The molecule has 164 valence electrons. The van der Waals surface area contributed by atoms with Gasteiger partial charge in [-0.15, -0.1) is 0 Å². The number of hydrogen-bond donors (Lipinski definition) is 1. The Morgan fingerprint density at radius 2 is 1.78 bits per heavy atom. The van der Waals surface area contributed by atoms with Crippen molar-refractivity contribution in [3.63, 3.8) is 0 Å². The van der Waals surface area contributed by atoms with Gasteiger partial charge in [-0.05, 0) is 75.1 Å². The Morgan fingerprint density at radius 1 is 1.03 bits per heavy atom. The first-order valence-corrected chi connectivity index (χ1v) is 10.7. The van der Waals surface area contributed by atoms with E-state index in [-0.39, 0.29) is 17.8 Å². The molecule has 7 heteroatoms. The van der Waals surface area contributed by atoms with Crippen LogP contribution in [0.4, 0.5) is 5.69 Å². The standard InChI is InChI=1S/C25H26N4O3/c1-18-17-20(32-24-26-14-8-15-27-24)11-12-21(18)28-23(31)25(2)13-6-7-16-29(25)22(30)19-9-4-3-5-10-19/h3-5,8-12,14-15,17H,6-7,13,16H2,1-2H3,(H,28,31)/t25-/m0/s1. The molecule has 0 radical (unpaired) electrons. The summed E-state index contributed by atoms with van der Waals surface area (Å²) in [5, 5.41) is 3.03. The molecule has 4 rings (SSSR count). The first-order valence-electron chi connectivity index (χ1n) is 10.7. The molecule has 3 aromatic rings. The van der Waals surface area contributed by atoms with E-state index in [0.717, 1.165) is 18.4 Å². The van der Waals surface area contributed by atoms with Crippen LogP contribution in [0.3, 0.4) is 0 Å². The molecule has 2 aromatic carbocycles. The maximum absolute atomic E-state index is 13.4. The van der Waals surface area contributed by atoms with Gasteiger partial charge >= 0.3 is 6.01 Å². The van der Waals surface area contributed by atoms with Crippen molar-refractivity contribution in [3.8, 4) is 11.8 Å². The number of ether oxygens (including phenoxy) is 1. The van der Waals surface area contributed by atoms with Crippen LogP contribution in [0.5, 0.6) is 11.8 Å².